The van der Waals surface area contributed by atoms with Gasteiger partial charge in [0.1, 0.15) is 0 Å². The van der Waals surface area contributed by atoms with Crippen molar-refractivity contribution in [3.05, 3.63) is 53.6 Å². The first-order valence-corrected chi connectivity index (χ1v) is 7.65. The number of para-hydroxylation sites is 1. The fraction of sp³-hybridized carbons (Fsp3) is 0.200. The lowest BCUT2D eigenvalue weighted by Crippen LogP contribution is -2.24. The maximum Gasteiger partial charge on any atom is 0.223 e. The average molecular weight is 319 g/mol. The Balaban J connectivity index is 1.43. The largest absolute Gasteiger partial charge is 0.490 e. The fourth-order valence-corrected chi connectivity index (χ4v) is 2.67. The lowest BCUT2D eigenvalue weighted by molar-refractivity contribution is -0.121. The number of nitrogens with zero attached hydrogens (tertiary/aromatic N) is 2. The van der Waals surface area contributed by atoms with Crippen molar-refractivity contribution in [2.45, 2.75) is 13.0 Å². The third kappa shape index (κ3) is 3.43. The Morgan fingerprint density at radius 2 is 2.27 bits per heavy atom. The molecule has 2 aromatic heterocycles. The van der Waals surface area contributed by atoms with E-state index in [2.05, 4.69) is 10.3 Å². The molecule has 0 fully saturated rings. The summed E-state index contributed by atoms with van der Waals surface area (Å²) in [5.41, 5.74) is 0.801. The van der Waals surface area contributed by atoms with Crippen LogP contribution in [0, 0.1) is 5.82 Å². The predicted octanol–water partition coefficient (Wildman–Crippen LogP) is 2.62. The lowest BCUT2D eigenvalue weighted by atomic mass is 10.3. The van der Waals surface area contributed by atoms with E-state index < -0.39 is 5.82 Å². The number of halogens is 1. The zero-order chi connectivity index (χ0) is 15.4. The SMILES string of the molecule is O=C(CCOc1ccccc1F)NCc1cn2ccsc2n1. The minimum atomic E-state index is -0.430. The first-order chi connectivity index (χ1) is 10.7. The summed E-state index contributed by atoms with van der Waals surface area (Å²) < 4.78 is 20.5. The number of carbonyl (C=O) groups excluding carboxylic acids is 1. The second-order valence-corrected chi connectivity index (χ2v) is 5.50. The van der Waals surface area contributed by atoms with Crippen LogP contribution in [0.4, 0.5) is 4.39 Å². The molecule has 5 nitrogen and oxygen atoms in total. The van der Waals surface area contributed by atoms with E-state index in [-0.39, 0.29) is 24.7 Å². The lowest BCUT2D eigenvalue weighted by Gasteiger charge is -2.07. The number of rotatable bonds is 6. The molecule has 7 heteroatoms. The molecule has 1 aromatic carbocycles. The summed E-state index contributed by atoms with van der Waals surface area (Å²) in [4.78, 5) is 17.0. The zero-order valence-electron chi connectivity index (χ0n) is 11.7. The van der Waals surface area contributed by atoms with E-state index in [4.69, 9.17) is 4.74 Å². The van der Waals surface area contributed by atoms with Crippen molar-refractivity contribution in [2.75, 3.05) is 6.61 Å². The summed E-state index contributed by atoms with van der Waals surface area (Å²) in [6.45, 7) is 0.498. The number of aromatic nitrogens is 2. The van der Waals surface area contributed by atoms with Crippen molar-refractivity contribution in [1.82, 2.24) is 14.7 Å². The highest BCUT2D eigenvalue weighted by Crippen LogP contribution is 2.15. The summed E-state index contributed by atoms with van der Waals surface area (Å²) in [5.74, 6) is -0.432. The molecule has 3 rings (SSSR count). The predicted molar refractivity (Wildman–Crippen MR) is 81.4 cm³/mol. The Kier molecular flexibility index (Phi) is 4.34. The minimum absolute atomic E-state index is 0.130. The van der Waals surface area contributed by atoms with Crippen LogP contribution in [-0.4, -0.2) is 21.9 Å². The van der Waals surface area contributed by atoms with Crippen molar-refractivity contribution in [2.24, 2.45) is 0 Å². The molecule has 0 saturated heterocycles. The number of imidazole rings is 1. The number of hydrogen-bond acceptors (Lipinski definition) is 4. The van der Waals surface area contributed by atoms with E-state index in [9.17, 15) is 9.18 Å². The number of nitrogens with one attached hydrogen (secondary N) is 1. The second kappa shape index (κ2) is 6.57. The van der Waals surface area contributed by atoms with Crippen LogP contribution in [-0.2, 0) is 11.3 Å². The molecule has 3 aromatic rings. The highest BCUT2D eigenvalue weighted by atomic mass is 32.1. The first kappa shape index (κ1) is 14.5. The van der Waals surface area contributed by atoms with Crippen LogP contribution in [0.3, 0.4) is 0 Å². The molecule has 0 aliphatic carbocycles. The third-order valence-electron chi connectivity index (χ3n) is 3.03. The Bertz CT molecular complexity index is 755. The van der Waals surface area contributed by atoms with Crippen molar-refractivity contribution in [3.8, 4) is 5.75 Å². The second-order valence-electron chi connectivity index (χ2n) is 4.63. The summed E-state index contributed by atoms with van der Waals surface area (Å²) in [6, 6.07) is 6.12. The average Bonchev–Trinajstić information content (AvgIpc) is 3.08. The summed E-state index contributed by atoms with van der Waals surface area (Å²) in [6.07, 6.45) is 3.96. The molecule has 0 bridgehead atoms. The molecule has 2 heterocycles. The van der Waals surface area contributed by atoms with Crippen molar-refractivity contribution >= 4 is 22.2 Å². The van der Waals surface area contributed by atoms with E-state index in [1.165, 1.54) is 23.5 Å². The number of fused-ring (bicyclic) bond motifs is 1. The van der Waals surface area contributed by atoms with E-state index in [1.807, 2.05) is 22.2 Å². The van der Waals surface area contributed by atoms with E-state index in [0.717, 1.165) is 10.7 Å². The van der Waals surface area contributed by atoms with Crippen LogP contribution < -0.4 is 10.1 Å². The molecule has 0 aliphatic heterocycles. The standard InChI is InChI=1S/C15H14FN3O2S/c16-12-3-1-2-4-13(12)21-7-5-14(20)17-9-11-10-19-6-8-22-15(19)18-11/h1-4,6,8,10H,5,7,9H2,(H,17,20). The molecule has 0 spiro atoms. The third-order valence-corrected chi connectivity index (χ3v) is 3.80. The molecular formula is C15H14FN3O2S. The van der Waals surface area contributed by atoms with Gasteiger partial charge in [0.25, 0.3) is 0 Å². The van der Waals surface area contributed by atoms with Gasteiger partial charge in [-0.3, -0.25) is 9.20 Å². The molecule has 1 amide bonds. The van der Waals surface area contributed by atoms with Crippen molar-refractivity contribution < 1.29 is 13.9 Å². The molecule has 0 radical (unpaired) electrons. The van der Waals surface area contributed by atoms with E-state index in [0.29, 0.717) is 6.54 Å². The summed E-state index contributed by atoms with van der Waals surface area (Å²) >= 11 is 1.54. The Morgan fingerprint density at radius 3 is 3.09 bits per heavy atom. The molecule has 1 N–H and O–H groups in total. The topological polar surface area (TPSA) is 55.6 Å². The Morgan fingerprint density at radius 1 is 1.41 bits per heavy atom. The normalized spacial score (nSPS) is 10.8. The monoisotopic (exact) mass is 319 g/mol. The molecule has 0 unspecified atom stereocenters. The number of benzene rings is 1. The Hall–Kier alpha value is -2.41. The summed E-state index contributed by atoms with van der Waals surface area (Å²) in [7, 11) is 0. The number of amides is 1. The Labute approximate surface area is 130 Å². The van der Waals surface area contributed by atoms with Gasteiger partial charge < -0.3 is 10.1 Å². The van der Waals surface area contributed by atoms with Crippen LogP contribution >= 0.6 is 11.3 Å². The summed E-state index contributed by atoms with van der Waals surface area (Å²) in [5, 5.41) is 4.72. The number of hydrogen-bond donors (Lipinski definition) is 1. The smallest absolute Gasteiger partial charge is 0.223 e. The maximum absolute atomic E-state index is 13.3. The maximum atomic E-state index is 13.3. The van der Waals surface area contributed by atoms with Crippen LogP contribution in [0.2, 0.25) is 0 Å². The van der Waals surface area contributed by atoms with Gasteiger partial charge in [-0.25, -0.2) is 9.37 Å². The van der Waals surface area contributed by atoms with Crippen LogP contribution in [0.5, 0.6) is 5.75 Å². The van der Waals surface area contributed by atoms with Gasteiger partial charge in [0.2, 0.25) is 5.91 Å². The van der Waals surface area contributed by atoms with E-state index in [1.54, 1.807) is 12.1 Å². The molecule has 114 valence electrons. The molecule has 0 aliphatic rings. The highest BCUT2D eigenvalue weighted by molar-refractivity contribution is 7.15. The van der Waals surface area contributed by atoms with Gasteiger partial charge in [0, 0.05) is 17.8 Å². The first-order valence-electron chi connectivity index (χ1n) is 6.77. The zero-order valence-corrected chi connectivity index (χ0v) is 12.5. The van der Waals surface area contributed by atoms with Crippen molar-refractivity contribution in [1.29, 1.82) is 0 Å². The van der Waals surface area contributed by atoms with Crippen LogP contribution in [0.25, 0.3) is 4.96 Å². The van der Waals surface area contributed by atoms with Gasteiger partial charge in [-0.05, 0) is 12.1 Å². The number of carbonyl (C=O) groups is 1. The van der Waals surface area contributed by atoms with Crippen LogP contribution in [0.1, 0.15) is 12.1 Å². The van der Waals surface area contributed by atoms with Crippen LogP contribution in [0.15, 0.2) is 42.0 Å². The van der Waals surface area contributed by atoms with Gasteiger partial charge in [0.15, 0.2) is 16.5 Å². The van der Waals surface area contributed by atoms with E-state index >= 15 is 0 Å². The number of ether oxygens (including phenoxy) is 1. The highest BCUT2D eigenvalue weighted by Gasteiger charge is 2.07. The quantitative estimate of drug-likeness (QED) is 0.760. The van der Waals surface area contributed by atoms with Gasteiger partial charge in [-0.2, -0.15) is 0 Å². The van der Waals surface area contributed by atoms with Gasteiger partial charge in [0.05, 0.1) is 25.3 Å². The molecule has 22 heavy (non-hydrogen) atoms. The van der Waals surface area contributed by atoms with Gasteiger partial charge in [-0.15, -0.1) is 11.3 Å². The molecular weight excluding hydrogens is 305 g/mol. The number of thiazole rings is 1. The van der Waals surface area contributed by atoms with Crippen molar-refractivity contribution in [3.63, 3.8) is 0 Å². The minimum Gasteiger partial charge on any atom is -0.490 e. The molecule has 0 saturated carbocycles. The van der Waals surface area contributed by atoms with Gasteiger partial charge in [-0.1, -0.05) is 12.1 Å². The molecule has 0 atom stereocenters. The fourth-order valence-electron chi connectivity index (χ4n) is 1.95. The van der Waals surface area contributed by atoms with Gasteiger partial charge >= 0.3 is 0 Å².